The average molecular weight is 329 g/mol. The molecule has 0 bridgehead atoms. The highest BCUT2D eigenvalue weighted by Crippen LogP contribution is 2.30. The number of carboxylic acid groups (broad SMARTS) is 1. The van der Waals surface area contributed by atoms with E-state index in [0.717, 1.165) is 0 Å². The molecule has 6 nitrogen and oxygen atoms in total. The molecule has 0 spiro atoms. The fourth-order valence-electron chi connectivity index (χ4n) is 2.51. The van der Waals surface area contributed by atoms with Gasteiger partial charge in [0.2, 0.25) is 0 Å². The summed E-state index contributed by atoms with van der Waals surface area (Å²) in [6.07, 6.45) is 0.745. The first kappa shape index (κ1) is 17.0. The zero-order valence-electron chi connectivity index (χ0n) is 12.5. The molecular weight excluding hydrogens is 312 g/mol. The molecule has 0 aromatic heterocycles. The highest BCUT2D eigenvalue weighted by atomic mass is 19.3. The zero-order chi connectivity index (χ0) is 17.0. The first-order chi connectivity index (χ1) is 10.9. The Morgan fingerprint density at radius 3 is 2.43 bits per heavy atom. The van der Waals surface area contributed by atoms with E-state index < -0.39 is 18.5 Å². The van der Waals surface area contributed by atoms with Crippen LogP contribution >= 0.6 is 0 Å². The number of likely N-dealkylation sites (tertiary alicyclic amines) is 1. The van der Waals surface area contributed by atoms with E-state index in [-0.39, 0.29) is 23.0 Å². The lowest BCUT2D eigenvalue weighted by Crippen LogP contribution is -2.40. The Kier molecular flexibility index (Phi) is 5.36. The second kappa shape index (κ2) is 7.26. The molecule has 1 amide bonds. The number of ether oxygens (including phenoxy) is 2. The number of piperidine rings is 1. The molecule has 1 saturated heterocycles. The number of carbonyl (C=O) groups excluding carboxylic acids is 1. The number of hydrogen-bond acceptors (Lipinski definition) is 4. The molecule has 1 heterocycles. The molecule has 23 heavy (non-hydrogen) atoms. The van der Waals surface area contributed by atoms with Gasteiger partial charge in [0.1, 0.15) is 0 Å². The van der Waals surface area contributed by atoms with E-state index >= 15 is 0 Å². The van der Waals surface area contributed by atoms with Crippen molar-refractivity contribution >= 4 is 11.9 Å². The molecule has 2 rings (SSSR count). The molecule has 0 radical (unpaired) electrons. The van der Waals surface area contributed by atoms with Crippen LogP contribution in [0.5, 0.6) is 11.5 Å². The molecular formula is C15H17F2NO5. The number of carbonyl (C=O) groups is 2. The zero-order valence-corrected chi connectivity index (χ0v) is 12.5. The van der Waals surface area contributed by atoms with Gasteiger partial charge in [0.05, 0.1) is 13.0 Å². The molecule has 1 N–H and O–H groups in total. The van der Waals surface area contributed by atoms with Crippen molar-refractivity contribution in [2.24, 2.45) is 5.92 Å². The smallest absolute Gasteiger partial charge is 0.387 e. The van der Waals surface area contributed by atoms with Crippen molar-refractivity contribution in [1.82, 2.24) is 4.90 Å². The Bertz CT molecular complexity index is 585. The normalized spacial score (nSPS) is 15.6. The molecule has 8 heteroatoms. The lowest BCUT2D eigenvalue weighted by atomic mass is 9.96. The van der Waals surface area contributed by atoms with Gasteiger partial charge in [-0.3, -0.25) is 9.59 Å². The largest absolute Gasteiger partial charge is 0.493 e. The van der Waals surface area contributed by atoms with Gasteiger partial charge in [-0.25, -0.2) is 0 Å². The minimum atomic E-state index is -3.03. The summed E-state index contributed by atoms with van der Waals surface area (Å²) in [5.74, 6) is -1.78. The lowest BCUT2D eigenvalue weighted by molar-refractivity contribution is -0.143. The van der Waals surface area contributed by atoms with E-state index in [1.165, 1.54) is 30.2 Å². The number of amides is 1. The first-order valence-corrected chi connectivity index (χ1v) is 7.07. The third-order valence-corrected chi connectivity index (χ3v) is 3.76. The van der Waals surface area contributed by atoms with Crippen molar-refractivity contribution in [3.8, 4) is 11.5 Å². The average Bonchev–Trinajstić information content (AvgIpc) is 2.53. The Morgan fingerprint density at radius 2 is 1.91 bits per heavy atom. The SMILES string of the molecule is COc1ccc(C(=O)N2CCC(C(=O)O)CC2)cc1OC(F)F. The maximum absolute atomic E-state index is 12.4. The van der Waals surface area contributed by atoms with Gasteiger partial charge < -0.3 is 19.5 Å². The van der Waals surface area contributed by atoms with Crippen LogP contribution in [0.15, 0.2) is 18.2 Å². The van der Waals surface area contributed by atoms with Crippen LogP contribution in [0.1, 0.15) is 23.2 Å². The Balaban J connectivity index is 2.12. The summed E-state index contributed by atoms with van der Waals surface area (Å²) < 4.78 is 34.1. The van der Waals surface area contributed by atoms with Crippen molar-refractivity contribution in [3.63, 3.8) is 0 Å². The van der Waals surface area contributed by atoms with Crippen LogP contribution < -0.4 is 9.47 Å². The van der Waals surface area contributed by atoms with Crippen LogP contribution in [0.4, 0.5) is 8.78 Å². The van der Waals surface area contributed by atoms with Crippen molar-refractivity contribution in [3.05, 3.63) is 23.8 Å². The van der Waals surface area contributed by atoms with E-state index in [9.17, 15) is 18.4 Å². The molecule has 0 atom stereocenters. The Hall–Kier alpha value is -2.38. The minimum Gasteiger partial charge on any atom is -0.493 e. The second-order valence-corrected chi connectivity index (χ2v) is 5.15. The molecule has 1 aliphatic rings. The maximum Gasteiger partial charge on any atom is 0.387 e. The van der Waals surface area contributed by atoms with Gasteiger partial charge in [-0.05, 0) is 31.0 Å². The number of aliphatic carboxylic acids is 1. The lowest BCUT2D eigenvalue weighted by Gasteiger charge is -2.30. The van der Waals surface area contributed by atoms with Crippen LogP contribution in [0.25, 0.3) is 0 Å². The predicted octanol–water partition coefficient (Wildman–Crippen LogP) is 2.23. The number of methoxy groups -OCH3 is 1. The molecule has 0 aliphatic carbocycles. The van der Waals surface area contributed by atoms with E-state index in [0.29, 0.717) is 25.9 Å². The minimum absolute atomic E-state index is 0.103. The summed E-state index contributed by atoms with van der Waals surface area (Å²) in [5, 5.41) is 8.95. The van der Waals surface area contributed by atoms with Gasteiger partial charge in [-0.15, -0.1) is 0 Å². The fraction of sp³-hybridized carbons (Fsp3) is 0.467. The third kappa shape index (κ3) is 4.08. The highest BCUT2D eigenvalue weighted by molar-refractivity contribution is 5.95. The van der Waals surface area contributed by atoms with Gasteiger partial charge in [0.15, 0.2) is 11.5 Å². The summed E-state index contributed by atoms with van der Waals surface area (Å²) in [6.45, 7) is -2.40. The van der Waals surface area contributed by atoms with Crippen LogP contribution in [-0.4, -0.2) is 48.7 Å². The standard InChI is InChI=1S/C15H17F2NO5/c1-22-11-3-2-10(8-12(11)23-15(16)17)13(19)18-6-4-9(5-7-18)14(20)21/h2-3,8-9,15H,4-7H2,1H3,(H,20,21). The number of hydrogen-bond donors (Lipinski definition) is 1. The Morgan fingerprint density at radius 1 is 1.26 bits per heavy atom. The van der Waals surface area contributed by atoms with Gasteiger partial charge >= 0.3 is 12.6 Å². The van der Waals surface area contributed by atoms with Crippen LogP contribution in [0.2, 0.25) is 0 Å². The molecule has 126 valence electrons. The first-order valence-electron chi connectivity index (χ1n) is 7.07. The van der Waals surface area contributed by atoms with E-state index in [1.54, 1.807) is 0 Å². The fourth-order valence-corrected chi connectivity index (χ4v) is 2.51. The number of rotatable bonds is 5. The summed E-state index contributed by atoms with van der Waals surface area (Å²) in [5.41, 5.74) is 0.190. The highest BCUT2D eigenvalue weighted by Gasteiger charge is 2.28. The van der Waals surface area contributed by atoms with E-state index in [2.05, 4.69) is 4.74 Å². The molecule has 0 saturated carbocycles. The monoisotopic (exact) mass is 329 g/mol. The van der Waals surface area contributed by atoms with Gasteiger partial charge in [-0.2, -0.15) is 8.78 Å². The Labute approximate surface area is 131 Å². The summed E-state index contributed by atoms with van der Waals surface area (Å²) in [4.78, 5) is 24.8. The number of alkyl halides is 2. The van der Waals surface area contributed by atoms with Crippen molar-refractivity contribution in [1.29, 1.82) is 0 Å². The third-order valence-electron chi connectivity index (χ3n) is 3.76. The number of nitrogens with zero attached hydrogens (tertiary/aromatic N) is 1. The van der Waals surface area contributed by atoms with Crippen molar-refractivity contribution < 1.29 is 33.0 Å². The summed E-state index contributed by atoms with van der Waals surface area (Å²) in [7, 11) is 1.31. The molecule has 0 unspecified atom stereocenters. The molecule has 1 fully saturated rings. The number of benzene rings is 1. The van der Waals surface area contributed by atoms with E-state index in [1.807, 2.05) is 0 Å². The predicted molar refractivity (Wildman–Crippen MR) is 75.9 cm³/mol. The summed E-state index contributed by atoms with van der Waals surface area (Å²) in [6, 6.07) is 4.05. The molecule has 1 aromatic carbocycles. The van der Waals surface area contributed by atoms with Crippen LogP contribution in [0, 0.1) is 5.92 Å². The maximum atomic E-state index is 12.4. The van der Waals surface area contributed by atoms with Crippen molar-refractivity contribution in [2.75, 3.05) is 20.2 Å². The quantitative estimate of drug-likeness (QED) is 0.896. The second-order valence-electron chi connectivity index (χ2n) is 5.15. The van der Waals surface area contributed by atoms with Gasteiger partial charge in [0.25, 0.3) is 5.91 Å². The van der Waals surface area contributed by atoms with Gasteiger partial charge in [-0.1, -0.05) is 0 Å². The van der Waals surface area contributed by atoms with Crippen LogP contribution in [-0.2, 0) is 4.79 Å². The number of carboxylic acids is 1. The summed E-state index contributed by atoms with van der Waals surface area (Å²) >= 11 is 0. The topological polar surface area (TPSA) is 76.1 Å². The molecule has 1 aliphatic heterocycles. The van der Waals surface area contributed by atoms with E-state index in [4.69, 9.17) is 9.84 Å². The number of halogens is 2. The van der Waals surface area contributed by atoms with Gasteiger partial charge in [0, 0.05) is 18.7 Å². The molecule has 1 aromatic rings. The van der Waals surface area contributed by atoms with Crippen LogP contribution in [0.3, 0.4) is 0 Å². The van der Waals surface area contributed by atoms with Crippen molar-refractivity contribution in [2.45, 2.75) is 19.5 Å².